The highest BCUT2D eigenvalue weighted by Gasteiger charge is 2.36. The minimum atomic E-state index is -0.296. The highest BCUT2D eigenvalue weighted by Crippen LogP contribution is 2.45. The summed E-state index contributed by atoms with van der Waals surface area (Å²) < 4.78 is 11.9. The van der Waals surface area contributed by atoms with E-state index < -0.39 is 0 Å². The van der Waals surface area contributed by atoms with Crippen LogP contribution >= 0.6 is 0 Å². The number of hydrogen-bond acceptors (Lipinski definition) is 5. The zero-order chi connectivity index (χ0) is 25.2. The number of benzene rings is 3. The molecule has 0 amide bonds. The third-order valence-electron chi connectivity index (χ3n) is 6.82. The highest BCUT2D eigenvalue weighted by molar-refractivity contribution is 6.01. The van der Waals surface area contributed by atoms with Gasteiger partial charge in [-0.3, -0.25) is 4.79 Å². The van der Waals surface area contributed by atoms with Crippen LogP contribution in [0.4, 0.5) is 11.4 Å². The Bertz CT molecular complexity index is 1290. The number of carbonyl (C=O) groups is 1. The van der Waals surface area contributed by atoms with Crippen molar-refractivity contribution in [3.8, 4) is 11.5 Å². The number of carbonyl (C=O) groups excluding carboxylic acids is 1. The quantitative estimate of drug-likeness (QED) is 0.390. The van der Waals surface area contributed by atoms with E-state index in [1.54, 1.807) is 0 Å². The summed E-state index contributed by atoms with van der Waals surface area (Å²) in [6, 6.07) is 22.4. The van der Waals surface area contributed by atoms with Gasteiger partial charge in [-0.15, -0.1) is 0 Å². The number of hydrogen-bond donors (Lipinski definition) is 2. The normalized spacial score (nSPS) is 19.1. The second-order valence-electron chi connectivity index (χ2n) is 9.88. The van der Waals surface area contributed by atoms with Crippen LogP contribution in [-0.2, 0) is 4.79 Å². The summed E-state index contributed by atoms with van der Waals surface area (Å²) >= 11 is 0. The molecule has 0 bridgehead atoms. The van der Waals surface area contributed by atoms with Gasteiger partial charge in [0.2, 0.25) is 0 Å². The Kier molecular flexibility index (Phi) is 6.73. The van der Waals surface area contributed by atoms with Crippen LogP contribution in [0, 0.1) is 6.92 Å². The maximum atomic E-state index is 13.8. The molecular weight excluding hydrogens is 448 g/mol. The molecule has 0 aromatic heterocycles. The van der Waals surface area contributed by atoms with Gasteiger partial charge in [-0.2, -0.15) is 0 Å². The van der Waals surface area contributed by atoms with E-state index >= 15 is 0 Å². The molecule has 1 aliphatic heterocycles. The first-order valence-electron chi connectivity index (χ1n) is 12.8. The Morgan fingerprint density at radius 3 is 2.36 bits per heavy atom. The van der Waals surface area contributed by atoms with Crippen molar-refractivity contribution in [2.24, 2.45) is 0 Å². The Hall–Kier alpha value is -3.73. The average molecular weight is 483 g/mol. The van der Waals surface area contributed by atoms with Crippen molar-refractivity contribution < 1.29 is 14.3 Å². The summed E-state index contributed by atoms with van der Waals surface area (Å²) in [4.78, 5) is 13.8. The van der Waals surface area contributed by atoms with Crippen molar-refractivity contribution >= 4 is 17.2 Å². The third-order valence-corrected chi connectivity index (χ3v) is 6.82. The largest absolute Gasteiger partial charge is 0.490 e. The van der Waals surface area contributed by atoms with Crippen molar-refractivity contribution in [1.82, 2.24) is 0 Å². The number of Topliss-reactive ketones (excluding diaryl/α,β-unsaturated/α-hetero) is 1. The smallest absolute Gasteiger partial charge is 0.163 e. The topological polar surface area (TPSA) is 59.6 Å². The zero-order valence-corrected chi connectivity index (χ0v) is 21.4. The molecule has 2 N–H and O–H groups in total. The number of ether oxygens (including phenoxy) is 2. The molecule has 3 aromatic rings. The van der Waals surface area contributed by atoms with Crippen molar-refractivity contribution in [1.29, 1.82) is 0 Å². The van der Waals surface area contributed by atoms with Crippen molar-refractivity contribution in [2.45, 2.75) is 58.6 Å². The summed E-state index contributed by atoms with van der Waals surface area (Å²) in [5.41, 5.74) is 7.14. The molecule has 0 fully saturated rings. The first-order chi connectivity index (χ1) is 17.4. The van der Waals surface area contributed by atoms with Crippen LogP contribution in [0.5, 0.6) is 11.5 Å². The Balaban J connectivity index is 1.58. The van der Waals surface area contributed by atoms with E-state index in [1.807, 2.05) is 51.1 Å². The molecule has 2 atom stereocenters. The van der Waals surface area contributed by atoms with Gasteiger partial charge in [0.05, 0.1) is 30.1 Å². The summed E-state index contributed by atoms with van der Waals surface area (Å²) in [6.07, 6.45) is 1.31. The van der Waals surface area contributed by atoms with E-state index in [0.717, 1.165) is 34.6 Å². The lowest BCUT2D eigenvalue weighted by Crippen LogP contribution is -2.27. The fourth-order valence-corrected chi connectivity index (χ4v) is 5.14. The lowest BCUT2D eigenvalue weighted by atomic mass is 9.78. The molecule has 2 aliphatic rings. The average Bonchev–Trinajstić information content (AvgIpc) is 3.02. The predicted molar refractivity (Wildman–Crippen MR) is 145 cm³/mol. The Morgan fingerprint density at radius 2 is 1.64 bits per heavy atom. The lowest BCUT2D eigenvalue weighted by Gasteiger charge is -2.30. The van der Waals surface area contributed by atoms with Gasteiger partial charge in [0.15, 0.2) is 17.3 Å². The summed E-state index contributed by atoms with van der Waals surface area (Å²) in [5.74, 6) is 1.72. The van der Waals surface area contributed by atoms with Gasteiger partial charge in [-0.25, -0.2) is 0 Å². The van der Waals surface area contributed by atoms with Crippen molar-refractivity contribution in [2.75, 3.05) is 17.2 Å². The minimum Gasteiger partial charge on any atom is -0.490 e. The maximum absolute atomic E-state index is 13.8. The SMILES string of the molecule is CCOc1cc(C2Nc3ccccc3NC3=C2C(=O)CC(c2ccc(C)cc2)C3)ccc1OC(C)C. The summed E-state index contributed by atoms with van der Waals surface area (Å²) in [6.45, 7) is 8.59. The Labute approximate surface area is 213 Å². The van der Waals surface area contributed by atoms with Crippen LogP contribution < -0.4 is 20.1 Å². The van der Waals surface area contributed by atoms with Crippen LogP contribution in [0.2, 0.25) is 0 Å². The molecule has 0 saturated heterocycles. The van der Waals surface area contributed by atoms with Gasteiger partial charge < -0.3 is 20.1 Å². The fraction of sp³-hybridized carbons (Fsp3) is 0.323. The van der Waals surface area contributed by atoms with Crippen LogP contribution in [0.1, 0.15) is 62.3 Å². The van der Waals surface area contributed by atoms with E-state index in [0.29, 0.717) is 24.5 Å². The van der Waals surface area contributed by atoms with Gasteiger partial charge in [0.1, 0.15) is 0 Å². The lowest BCUT2D eigenvalue weighted by molar-refractivity contribution is -0.116. The number of ketones is 1. The van der Waals surface area contributed by atoms with E-state index in [9.17, 15) is 4.79 Å². The Morgan fingerprint density at radius 1 is 0.917 bits per heavy atom. The van der Waals surface area contributed by atoms with Crippen LogP contribution in [0.15, 0.2) is 78.0 Å². The van der Waals surface area contributed by atoms with E-state index in [2.05, 4.69) is 54.0 Å². The summed E-state index contributed by atoms with van der Waals surface area (Å²) in [5, 5.41) is 7.28. The van der Waals surface area contributed by atoms with Crippen molar-refractivity contribution in [3.63, 3.8) is 0 Å². The molecule has 3 aromatic carbocycles. The second kappa shape index (κ2) is 10.1. The maximum Gasteiger partial charge on any atom is 0.163 e. The molecule has 1 heterocycles. The van der Waals surface area contributed by atoms with Gasteiger partial charge >= 0.3 is 0 Å². The molecule has 0 radical (unpaired) electrons. The summed E-state index contributed by atoms with van der Waals surface area (Å²) in [7, 11) is 0. The van der Waals surface area contributed by atoms with Crippen LogP contribution in [-0.4, -0.2) is 18.5 Å². The molecule has 36 heavy (non-hydrogen) atoms. The van der Waals surface area contributed by atoms with Gasteiger partial charge in [0, 0.05) is 17.7 Å². The third kappa shape index (κ3) is 4.83. The van der Waals surface area contributed by atoms with E-state index in [-0.39, 0.29) is 23.8 Å². The van der Waals surface area contributed by atoms with Crippen LogP contribution in [0.3, 0.4) is 0 Å². The number of anilines is 2. The highest BCUT2D eigenvalue weighted by atomic mass is 16.5. The minimum absolute atomic E-state index is 0.0371. The van der Waals surface area contributed by atoms with Gasteiger partial charge in [-0.05, 0) is 75.4 Å². The van der Waals surface area contributed by atoms with Gasteiger partial charge in [0.25, 0.3) is 0 Å². The fourth-order valence-electron chi connectivity index (χ4n) is 5.14. The van der Waals surface area contributed by atoms with Crippen molar-refractivity contribution in [3.05, 3.63) is 94.7 Å². The standard InChI is InChI=1S/C31H34N2O3/c1-5-35-29-18-22(14-15-28(29)36-19(2)3)31-30-26(32-24-8-6-7-9-25(24)33-31)16-23(17-27(30)34)21-12-10-20(4)11-13-21/h6-15,18-19,23,31-33H,5,16-17H2,1-4H3. The number of rotatable bonds is 6. The molecule has 0 saturated carbocycles. The first kappa shape index (κ1) is 24.0. The molecule has 186 valence electrons. The molecule has 2 unspecified atom stereocenters. The second-order valence-corrected chi connectivity index (χ2v) is 9.88. The van der Waals surface area contributed by atoms with E-state index in [4.69, 9.17) is 9.47 Å². The predicted octanol–water partition coefficient (Wildman–Crippen LogP) is 7.16. The molecule has 0 spiro atoms. The molecular formula is C31H34N2O3. The number of fused-ring (bicyclic) bond motifs is 1. The first-order valence-corrected chi connectivity index (χ1v) is 12.8. The van der Waals surface area contributed by atoms with Crippen LogP contribution in [0.25, 0.3) is 0 Å². The monoisotopic (exact) mass is 482 g/mol. The zero-order valence-electron chi connectivity index (χ0n) is 21.4. The van der Waals surface area contributed by atoms with Gasteiger partial charge in [-0.1, -0.05) is 48.0 Å². The number of allylic oxidation sites excluding steroid dienone is 1. The molecule has 5 nitrogen and oxygen atoms in total. The molecule has 1 aliphatic carbocycles. The molecule has 5 heteroatoms. The molecule has 5 rings (SSSR count). The number of aryl methyl sites for hydroxylation is 1. The number of para-hydroxylation sites is 2. The van der Waals surface area contributed by atoms with E-state index in [1.165, 1.54) is 11.1 Å². The number of nitrogens with one attached hydrogen (secondary N) is 2.